The molecule has 1 fully saturated rings. The second-order valence-electron chi connectivity index (χ2n) is 4.60. The van der Waals surface area contributed by atoms with Gasteiger partial charge in [-0.2, -0.15) is 0 Å². The van der Waals surface area contributed by atoms with Crippen molar-refractivity contribution < 1.29 is 14.7 Å². The average molecular weight is 228 g/mol. The molecule has 0 spiro atoms. The topological polar surface area (TPSA) is 78.4 Å². The molecule has 92 valence electrons. The van der Waals surface area contributed by atoms with Gasteiger partial charge in [0.05, 0.1) is 0 Å². The molecule has 0 aliphatic carbocycles. The second-order valence-corrected chi connectivity index (χ2v) is 4.60. The Kier molecular flexibility index (Phi) is 4.29. The highest BCUT2D eigenvalue weighted by atomic mass is 16.4. The molecular weight excluding hydrogens is 208 g/mol. The Morgan fingerprint density at radius 2 is 2.25 bits per heavy atom. The molecule has 0 bridgehead atoms. The van der Waals surface area contributed by atoms with Gasteiger partial charge in [0.15, 0.2) is 0 Å². The van der Waals surface area contributed by atoms with E-state index in [1.165, 1.54) is 0 Å². The molecular formula is C11H20N2O3. The van der Waals surface area contributed by atoms with E-state index in [4.69, 9.17) is 5.11 Å². The van der Waals surface area contributed by atoms with E-state index in [2.05, 4.69) is 10.6 Å². The number of hydrogen-bond donors (Lipinski definition) is 3. The van der Waals surface area contributed by atoms with E-state index < -0.39 is 11.5 Å². The van der Waals surface area contributed by atoms with Crippen LogP contribution in [-0.2, 0) is 9.59 Å². The Morgan fingerprint density at radius 1 is 1.56 bits per heavy atom. The van der Waals surface area contributed by atoms with Crippen molar-refractivity contribution in [2.45, 2.75) is 38.6 Å². The Bertz CT molecular complexity index is 274. The SMILES string of the molecule is CCC(C)(NC(=O)CC1CCNC1)C(=O)O. The summed E-state index contributed by atoms with van der Waals surface area (Å²) in [5.41, 5.74) is -1.14. The lowest BCUT2D eigenvalue weighted by Gasteiger charge is -2.25. The summed E-state index contributed by atoms with van der Waals surface area (Å²) < 4.78 is 0. The predicted molar refractivity (Wildman–Crippen MR) is 60.1 cm³/mol. The lowest BCUT2D eigenvalue weighted by molar-refractivity contribution is -0.147. The molecule has 1 aliphatic rings. The molecule has 0 aromatic rings. The average Bonchev–Trinajstić information content (AvgIpc) is 2.69. The summed E-state index contributed by atoms with van der Waals surface area (Å²) >= 11 is 0. The summed E-state index contributed by atoms with van der Waals surface area (Å²) in [6.07, 6.45) is 1.79. The minimum absolute atomic E-state index is 0.166. The van der Waals surface area contributed by atoms with Gasteiger partial charge in [-0.25, -0.2) is 4.79 Å². The fourth-order valence-corrected chi connectivity index (χ4v) is 1.80. The molecule has 1 heterocycles. The van der Waals surface area contributed by atoms with Crippen molar-refractivity contribution in [1.82, 2.24) is 10.6 Å². The van der Waals surface area contributed by atoms with Crippen molar-refractivity contribution in [2.75, 3.05) is 13.1 Å². The third-order valence-corrected chi connectivity index (χ3v) is 3.23. The van der Waals surface area contributed by atoms with Crippen LogP contribution in [0.4, 0.5) is 0 Å². The maximum Gasteiger partial charge on any atom is 0.329 e. The molecule has 1 amide bonds. The fourth-order valence-electron chi connectivity index (χ4n) is 1.80. The zero-order valence-corrected chi connectivity index (χ0v) is 9.88. The summed E-state index contributed by atoms with van der Waals surface area (Å²) in [5.74, 6) is -0.803. The molecule has 5 nitrogen and oxygen atoms in total. The Hall–Kier alpha value is -1.10. The van der Waals surface area contributed by atoms with Gasteiger partial charge in [-0.15, -0.1) is 0 Å². The first kappa shape index (κ1) is 13.0. The highest BCUT2D eigenvalue weighted by Gasteiger charge is 2.33. The van der Waals surface area contributed by atoms with Crippen LogP contribution in [0.3, 0.4) is 0 Å². The molecule has 1 aliphatic heterocycles. The van der Waals surface area contributed by atoms with E-state index >= 15 is 0 Å². The smallest absolute Gasteiger partial charge is 0.329 e. The van der Waals surface area contributed by atoms with Crippen LogP contribution in [0, 0.1) is 5.92 Å². The minimum Gasteiger partial charge on any atom is -0.480 e. The third-order valence-electron chi connectivity index (χ3n) is 3.23. The Labute approximate surface area is 95.6 Å². The van der Waals surface area contributed by atoms with Crippen LogP contribution in [0.25, 0.3) is 0 Å². The number of carbonyl (C=O) groups excluding carboxylic acids is 1. The first-order chi connectivity index (χ1) is 7.48. The summed E-state index contributed by atoms with van der Waals surface area (Å²) in [5, 5.41) is 14.8. The van der Waals surface area contributed by atoms with Gasteiger partial charge in [0.1, 0.15) is 5.54 Å². The normalized spacial score (nSPS) is 23.8. The number of rotatable bonds is 5. The second kappa shape index (κ2) is 5.30. The fraction of sp³-hybridized carbons (Fsp3) is 0.818. The summed E-state index contributed by atoms with van der Waals surface area (Å²) in [6.45, 7) is 5.09. The highest BCUT2D eigenvalue weighted by Crippen LogP contribution is 2.14. The van der Waals surface area contributed by atoms with Gasteiger partial charge < -0.3 is 15.7 Å². The number of carboxylic acids is 1. The van der Waals surface area contributed by atoms with Gasteiger partial charge in [-0.1, -0.05) is 6.92 Å². The van der Waals surface area contributed by atoms with Crippen LogP contribution in [0.15, 0.2) is 0 Å². The van der Waals surface area contributed by atoms with Gasteiger partial charge in [-0.05, 0) is 38.8 Å². The zero-order chi connectivity index (χ0) is 12.2. The summed E-state index contributed by atoms with van der Waals surface area (Å²) in [6, 6.07) is 0. The van der Waals surface area contributed by atoms with E-state index in [0.29, 0.717) is 18.8 Å². The molecule has 16 heavy (non-hydrogen) atoms. The monoisotopic (exact) mass is 228 g/mol. The first-order valence-electron chi connectivity index (χ1n) is 5.73. The van der Waals surface area contributed by atoms with Crippen LogP contribution in [-0.4, -0.2) is 35.6 Å². The van der Waals surface area contributed by atoms with E-state index in [1.54, 1.807) is 13.8 Å². The quantitative estimate of drug-likeness (QED) is 0.634. The largest absolute Gasteiger partial charge is 0.480 e. The lowest BCUT2D eigenvalue weighted by Crippen LogP contribution is -2.52. The number of hydrogen-bond acceptors (Lipinski definition) is 3. The van der Waals surface area contributed by atoms with Crippen LogP contribution < -0.4 is 10.6 Å². The number of carbonyl (C=O) groups is 2. The van der Waals surface area contributed by atoms with Crippen molar-refractivity contribution in [3.8, 4) is 0 Å². The van der Waals surface area contributed by atoms with Crippen LogP contribution in [0.5, 0.6) is 0 Å². The number of amides is 1. The molecule has 3 N–H and O–H groups in total. The van der Waals surface area contributed by atoms with Crippen LogP contribution in [0.2, 0.25) is 0 Å². The van der Waals surface area contributed by atoms with Crippen LogP contribution in [0.1, 0.15) is 33.1 Å². The zero-order valence-electron chi connectivity index (χ0n) is 9.88. The van der Waals surface area contributed by atoms with Crippen molar-refractivity contribution in [2.24, 2.45) is 5.92 Å². The number of nitrogens with one attached hydrogen (secondary N) is 2. The van der Waals surface area contributed by atoms with E-state index in [9.17, 15) is 9.59 Å². The Balaban J connectivity index is 2.45. The molecule has 2 unspecified atom stereocenters. The highest BCUT2D eigenvalue weighted by molar-refractivity contribution is 5.86. The first-order valence-corrected chi connectivity index (χ1v) is 5.73. The number of aliphatic carboxylic acids is 1. The van der Waals surface area contributed by atoms with Crippen molar-refractivity contribution in [1.29, 1.82) is 0 Å². The minimum atomic E-state index is -1.14. The maximum atomic E-state index is 11.7. The van der Waals surface area contributed by atoms with Crippen molar-refractivity contribution in [3.05, 3.63) is 0 Å². The molecule has 0 radical (unpaired) electrons. The molecule has 0 saturated carbocycles. The Morgan fingerprint density at radius 3 is 2.69 bits per heavy atom. The summed E-state index contributed by atoms with van der Waals surface area (Å²) in [7, 11) is 0. The van der Waals surface area contributed by atoms with Crippen LogP contribution >= 0.6 is 0 Å². The predicted octanol–water partition coefficient (Wildman–Crippen LogP) is 0.356. The van der Waals surface area contributed by atoms with Gasteiger partial charge in [0, 0.05) is 6.42 Å². The van der Waals surface area contributed by atoms with Gasteiger partial charge in [0.25, 0.3) is 0 Å². The lowest BCUT2D eigenvalue weighted by atomic mass is 9.97. The molecule has 5 heteroatoms. The van der Waals surface area contributed by atoms with Gasteiger partial charge >= 0.3 is 5.97 Å². The maximum absolute atomic E-state index is 11.7. The van der Waals surface area contributed by atoms with Crippen molar-refractivity contribution in [3.63, 3.8) is 0 Å². The molecule has 0 aromatic heterocycles. The van der Waals surface area contributed by atoms with Crippen molar-refractivity contribution >= 4 is 11.9 Å². The number of carboxylic acid groups (broad SMARTS) is 1. The summed E-state index contributed by atoms with van der Waals surface area (Å²) in [4.78, 5) is 22.7. The molecule has 0 aromatic carbocycles. The molecule has 1 rings (SSSR count). The van der Waals surface area contributed by atoms with E-state index in [1.807, 2.05) is 0 Å². The van der Waals surface area contributed by atoms with E-state index in [0.717, 1.165) is 19.5 Å². The standard InChI is InChI=1S/C11H20N2O3/c1-3-11(2,10(15)16)13-9(14)6-8-4-5-12-7-8/h8,12H,3-7H2,1-2H3,(H,13,14)(H,15,16). The third kappa shape index (κ3) is 3.20. The van der Waals surface area contributed by atoms with Gasteiger partial charge in [0.2, 0.25) is 5.91 Å². The van der Waals surface area contributed by atoms with E-state index in [-0.39, 0.29) is 5.91 Å². The van der Waals surface area contributed by atoms with Gasteiger partial charge in [-0.3, -0.25) is 4.79 Å². The molecule has 1 saturated heterocycles. The molecule has 2 atom stereocenters.